The smallest absolute Gasteiger partial charge is 0.323 e. The van der Waals surface area contributed by atoms with Crippen LogP contribution in [0, 0.1) is 0 Å². The van der Waals surface area contributed by atoms with Gasteiger partial charge in [0.05, 0.1) is 6.61 Å². The molecule has 2 aromatic rings. The van der Waals surface area contributed by atoms with Crippen LogP contribution in [-0.2, 0) is 27.3 Å². The standard InChI is InChI=1S/C20H23NO5/c1-3-25-20(24)18(12-15-8-10-17(23)11-9-15)21-13-16-6-4-5-7-19(16)26-14(2)22/h4-11,18,21,23H,3,12-13H2,1-2H3. The number of hydrogen-bond acceptors (Lipinski definition) is 6. The molecule has 0 aliphatic heterocycles. The summed E-state index contributed by atoms with van der Waals surface area (Å²) in [5, 5.41) is 12.6. The number of carbonyl (C=O) groups is 2. The van der Waals surface area contributed by atoms with E-state index >= 15 is 0 Å². The Bertz CT molecular complexity index is 742. The molecule has 0 aliphatic rings. The molecule has 0 bridgehead atoms. The van der Waals surface area contributed by atoms with Gasteiger partial charge in [-0.1, -0.05) is 30.3 Å². The van der Waals surface area contributed by atoms with Gasteiger partial charge in [0.15, 0.2) is 0 Å². The number of esters is 2. The maximum Gasteiger partial charge on any atom is 0.323 e. The van der Waals surface area contributed by atoms with E-state index in [4.69, 9.17) is 9.47 Å². The Hall–Kier alpha value is -2.86. The van der Waals surface area contributed by atoms with E-state index in [2.05, 4.69) is 5.32 Å². The molecule has 6 nitrogen and oxygen atoms in total. The van der Waals surface area contributed by atoms with Gasteiger partial charge < -0.3 is 14.6 Å². The maximum absolute atomic E-state index is 12.3. The van der Waals surface area contributed by atoms with E-state index in [1.54, 1.807) is 43.3 Å². The summed E-state index contributed by atoms with van der Waals surface area (Å²) in [5.74, 6) is -0.126. The summed E-state index contributed by atoms with van der Waals surface area (Å²) < 4.78 is 10.3. The first-order valence-corrected chi connectivity index (χ1v) is 8.43. The second kappa shape index (κ2) is 9.58. The van der Waals surface area contributed by atoms with Gasteiger partial charge in [-0.25, -0.2) is 0 Å². The second-order valence-electron chi connectivity index (χ2n) is 5.76. The molecule has 0 amide bonds. The van der Waals surface area contributed by atoms with Gasteiger partial charge >= 0.3 is 11.9 Å². The summed E-state index contributed by atoms with van der Waals surface area (Å²) >= 11 is 0. The Labute approximate surface area is 152 Å². The maximum atomic E-state index is 12.3. The first kappa shape index (κ1) is 19.5. The molecular formula is C20H23NO5. The molecule has 138 valence electrons. The molecule has 0 fully saturated rings. The molecule has 6 heteroatoms. The van der Waals surface area contributed by atoms with E-state index in [1.165, 1.54) is 6.92 Å². The highest BCUT2D eigenvalue weighted by molar-refractivity contribution is 5.76. The predicted octanol–water partition coefficient (Wildman–Crippen LogP) is 2.58. The fraction of sp³-hybridized carbons (Fsp3) is 0.300. The number of benzene rings is 2. The average Bonchev–Trinajstić information content (AvgIpc) is 2.61. The highest BCUT2D eigenvalue weighted by atomic mass is 16.5. The Morgan fingerprint density at radius 3 is 2.46 bits per heavy atom. The Morgan fingerprint density at radius 2 is 1.81 bits per heavy atom. The van der Waals surface area contributed by atoms with Gasteiger partial charge in [-0.2, -0.15) is 0 Å². The minimum atomic E-state index is -0.565. The Kier molecular flexibility index (Phi) is 7.17. The average molecular weight is 357 g/mol. The fourth-order valence-corrected chi connectivity index (χ4v) is 2.49. The monoisotopic (exact) mass is 357 g/mol. The molecule has 2 aromatic carbocycles. The lowest BCUT2D eigenvalue weighted by molar-refractivity contribution is -0.145. The zero-order valence-electron chi connectivity index (χ0n) is 14.9. The van der Waals surface area contributed by atoms with Gasteiger partial charge in [-0.3, -0.25) is 14.9 Å². The predicted molar refractivity (Wildman–Crippen MR) is 96.8 cm³/mol. The molecule has 0 radical (unpaired) electrons. The van der Waals surface area contributed by atoms with Crippen LogP contribution in [0.3, 0.4) is 0 Å². The SMILES string of the molecule is CCOC(=O)C(Cc1ccc(O)cc1)NCc1ccccc1OC(C)=O. The summed E-state index contributed by atoms with van der Waals surface area (Å²) in [4.78, 5) is 23.5. The van der Waals surface area contributed by atoms with Gasteiger partial charge in [0.25, 0.3) is 0 Å². The molecule has 0 aromatic heterocycles. The van der Waals surface area contributed by atoms with Gasteiger partial charge in [0.2, 0.25) is 0 Å². The molecule has 2 N–H and O–H groups in total. The highest BCUT2D eigenvalue weighted by Crippen LogP contribution is 2.19. The summed E-state index contributed by atoms with van der Waals surface area (Å²) in [7, 11) is 0. The zero-order chi connectivity index (χ0) is 18.9. The van der Waals surface area contributed by atoms with Crippen LogP contribution in [0.5, 0.6) is 11.5 Å². The summed E-state index contributed by atoms with van der Waals surface area (Å²) in [6, 6.07) is 13.3. The molecular weight excluding hydrogens is 334 g/mol. The van der Waals surface area contributed by atoms with Crippen molar-refractivity contribution in [3.05, 3.63) is 59.7 Å². The lowest BCUT2D eigenvalue weighted by Gasteiger charge is -2.18. The molecule has 0 saturated carbocycles. The third-order valence-corrected chi connectivity index (χ3v) is 3.71. The highest BCUT2D eigenvalue weighted by Gasteiger charge is 2.20. The van der Waals surface area contributed by atoms with Crippen molar-refractivity contribution in [2.45, 2.75) is 32.9 Å². The first-order valence-electron chi connectivity index (χ1n) is 8.43. The number of ether oxygens (including phenoxy) is 2. The number of nitrogens with one attached hydrogen (secondary N) is 1. The molecule has 26 heavy (non-hydrogen) atoms. The quantitative estimate of drug-likeness (QED) is 0.558. The van der Waals surface area contributed by atoms with Crippen LogP contribution in [0.2, 0.25) is 0 Å². The van der Waals surface area contributed by atoms with Crippen LogP contribution in [0.1, 0.15) is 25.0 Å². The molecule has 0 saturated heterocycles. The molecule has 1 atom stereocenters. The zero-order valence-corrected chi connectivity index (χ0v) is 14.9. The Morgan fingerprint density at radius 1 is 1.12 bits per heavy atom. The van der Waals surface area contributed by atoms with Crippen LogP contribution in [0.25, 0.3) is 0 Å². The number of hydrogen-bond donors (Lipinski definition) is 2. The van der Waals surface area contributed by atoms with Crippen molar-refractivity contribution in [1.29, 1.82) is 0 Å². The number of para-hydroxylation sites is 1. The van der Waals surface area contributed by atoms with E-state index < -0.39 is 12.0 Å². The fourth-order valence-electron chi connectivity index (χ4n) is 2.49. The van der Waals surface area contributed by atoms with Crippen molar-refractivity contribution in [3.8, 4) is 11.5 Å². The minimum Gasteiger partial charge on any atom is -0.508 e. The van der Waals surface area contributed by atoms with Crippen LogP contribution < -0.4 is 10.1 Å². The summed E-state index contributed by atoms with van der Waals surface area (Å²) in [6.45, 7) is 3.73. The molecule has 0 aliphatic carbocycles. The lowest BCUT2D eigenvalue weighted by Crippen LogP contribution is -2.39. The summed E-state index contributed by atoms with van der Waals surface area (Å²) in [5.41, 5.74) is 1.66. The van der Waals surface area contributed by atoms with Gasteiger partial charge in [0.1, 0.15) is 17.5 Å². The third-order valence-electron chi connectivity index (χ3n) is 3.71. The van der Waals surface area contributed by atoms with Gasteiger partial charge in [-0.15, -0.1) is 0 Å². The number of rotatable bonds is 8. The normalized spacial score (nSPS) is 11.6. The van der Waals surface area contributed by atoms with E-state index in [9.17, 15) is 14.7 Å². The topological polar surface area (TPSA) is 84.9 Å². The van der Waals surface area contributed by atoms with Gasteiger partial charge in [-0.05, 0) is 37.1 Å². The molecule has 0 heterocycles. The van der Waals surface area contributed by atoms with Gasteiger partial charge in [0, 0.05) is 19.0 Å². The van der Waals surface area contributed by atoms with Crippen molar-refractivity contribution in [2.75, 3.05) is 6.61 Å². The van der Waals surface area contributed by atoms with Crippen molar-refractivity contribution in [1.82, 2.24) is 5.32 Å². The largest absolute Gasteiger partial charge is 0.508 e. The first-order chi connectivity index (χ1) is 12.5. The van der Waals surface area contributed by atoms with Crippen LogP contribution in [0.4, 0.5) is 0 Å². The Balaban J connectivity index is 2.10. The summed E-state index contributed by atoms with van der Waals surface area (Å²) in [6.07, 6.45) is 0.412. The van der Waals surface area contributed by atoms with E-state index in [0.717, 1.165) is 11.1 Å². The number of aromatic hydroxyl groups is 1. The number of phenols is 1. The van der Waals surface area contributed by atoms with Crippen molar-refractivity contribution >= 4 is 11.9 Å². The lowest BCUT2D eigenvalue weighted by atomic mass is 10.1. The van der Waals surface area contributed by atoms with Crippen LogP contribution in [0.15, 0.2) is 48.5 Å². The van der Waals surface area contributed by atoms with E-state index in [-0.39, 0.29) is 18.3 Å². The number of phenolic OH excluding ortho intramolecular Hbond substituents is 1. The van der Waals surface area contributed by atoms with Crippen molar-refractivity contribution < 1.29 is 24.2 Å². The van der Waals surface area contributed by atoms with Crippen LogP contribution in [-0.4, -0.2) is 29.7 Å². The number of carbonyl (C=O) groups excluding carboxylic acids is 2. The molecule has 0 spiro atoms. The second-order valence-corrected chi connectivity index (χ2v) is 5.76. The molecule has 1 unspecified atom stereocenters. The minimum absolute atomic E-state index is 0.171. The van der Waals surface area contributed by atoms with Crippen LogP contribution >= 0.6 is 0 Å². The van der Waals surface area contributed by atoms with Crippen molar-refractivity contribution in [3.63, 3.8) is 0 Å². The third kappa shape index (κ3) is 5.89. The van der Waals surface area contributed by atoms with E-state index in [1.807, 2.05) is 12.1 Å². The van der Waals surface area contributed by atoms with Crippen molar-refractivity contribution in [2.24, 2.45) is 0 Å². The van der Waals surface area contributed by atoms with E-state index in [0.29, 0.717) is 18.7 Å². The molecule has 2 rings (SSSR count).